The number of likely N-dealkylation sites (tertiary alicyclic amines) is 1. The number of piperidine rings is 1. The van der Waals surface area contributed by atoms with E-state index in [4.69, 9.17) is 0 Å². The van der Waals surface area contributed by atoms with E-state index >= 15 is 0 Å². The van der Waals surface area contributed by atoms with Crippen molar-refractivity contribution in [1.29, 1.82) is 0 Å². The molecule has 0 spiro atoms. The van der Waals surface area contributed by atoms with Crippen LogP contribution in [0.1, 0.15) is 52.2 Å². The molecule has 0 bridgehead atoms. The molecule has 7 nitrogen and oxygen atoms in total. The van der Waals surface area contributed by atoms with Gasteiger partial charge >= 0.3 is 6.18 Å². The Morgan fingerprint density at radius 1 is 1.15 bits per heavy atom. The zero-order valence-corrected chi connectivity index (χ0v) is 22.9. The van der Waals surface area contributed by atoms with Crippen molar-refractivity contribution in [2.24, 2.45) is 5.92 Å². The fourth-order valence-electron chi connectivity index (χ4n) is 5.69. The number of carbonyl (C=O) groups is 1. The first-order valence-electron chi connectivity index (χ1n) is 13.4. The molecule has 40 heavy (non-hydrogen) atoms. The molecule has 2 N–H and O–H groups in total. The summed E-state index contributed by atoms with van der Waals surface area (Å²) in [5, 5.41) is 5.30. The molecule has 5 rings (SSSR count). The number of hydrogen-bond acceptors (Lipinski definition) is 4. The lowest BCUT2D eigenvalue weighted by Gasteiger charge is -2.22. The van der Waals surface area contributed by atoms with Gasteiger partial charge in [-0.1, -0.05) is 18.7 Å². The van der Waals surface area contributed by atoms with Crippen LogP contribution in [-0.2, 0) is 22.7 Å². The van der Waals surface area contributed by atoms with Crippen molar-refractivity contribution in [2.45, 2.75) is 37.9 Å². The average Bonchev–Trinajstić information content (AvgIpc) is 3.57. The second-order valence-corrected chi connectivity index (χ2v) is 12.4. The van der Waals surface area contributed by atoms with Gasteiger partial charge in [-0.15, -0.1) is 0 Å². The highest BCUT2D eigenvalue weighted by molar-refractivity contribution is 7.92. The molecule has 214 valence electrons. The van der Waals surface area contributed by atoms with Gasteiger partial charge in [0.1, 0.15) is 0 Å². The number of halogens is 3. The quantitative estimate of drug-likeness (QED) is 0.409. The Balaban J connectivity index is 1.39. The molecule has 2 aliphatic rings. The smallest absolute Gasteiger partial charge is 0.343 e. The standard InChI is InChI=1S/C29H33F3N4O3S/c1-2-40(38,39)34-15-21-11-13-35(18-21)28(37)22-7-10-27-25(14-22)26(23-4-3-12-33-16-23)19-36(27)17-20-5-8-24(9-6-20)29(30,31)32/h2,5-10,14,19,21,23,33-34H,1,3-4,11-13,15-18H2. The van der Waals surface area contributed by atoms with Gasteiger partial charge in [0.05, 0.1) is 5.56 Å². The van der Waals surface area contributed by atoms with E-state index in [2.05, 4.69) is 22.8 Å². The lowest BCUT2D eigenvalue weighted by molar-refractivity contribution is -0.137. The molecule has 2 aromatic carbocycles. The summed E-state index contributed by atoms with van der Waals surface area (Å²) >= 11 is 0. The Bertz CT molecular complexity index is 1490. The molecular weight excluding hydrogens is 541 g/mol. The molecule has 3 heterocycles. The van der Waals surface area contributed by atoms with Crippen molar-refractivity contribution in [3.05, 3.63) is 82.9 Å². The first-order valence-corrected chi connectivity index (χ1v) is 15.0. The summed E-state index contributed by atoms with van der Waals surface area (Å²) in [6.07, 6.45) is 0.457. The zero-order valence-electron chi connectivity index (χ0n) is 22.1. The highest BCUT2D eigenvalue weighted by Crippen LogP contribution is 2.34. The summed E-state index contributed by atoms with van der Waals surface area (Å²) in [5.74, 6) is 0.194. The van der Waals surface area contributed by atoms with Gasteiger partial charge in [-0.2, -0.15) is 13.2 Å². The van der Waals surface area contributed by atoms with Crippen LogP contribution in [0.25, 0.3) is 10.9 Å². The number of amides is 1. The van der Waals surface area contributed by atoms with E-state index in [9.17, 15) is 26.4 Å². The van der Waals surface area contributed by atoms with E-state index in [0.29, 0.717) is 31.6 Å². The Kier molecular flexibility index (Phi) is 8.08. The molecular formula is C29H33F3N4O3S. The molecule has 2 fully saturated rings. The number of benzene rings is 2. The molecule has 2 unspecified atom stereocenters. The largest absolute Gasteiger partial charge is 0.416 e. The first kappa shape index (κ1) is 28.4. The minimum absolute atomic E-state index is 0.0242. The van der Waals surface area contributed by atoms with Crippen LogP contribution in [0.15, 0.2) is 60.6 Å². The summed E-state index contributed by atoms with van der Waals surface area (Å²) in [6.45, 7) is 6.77. The Hall–Kier alpha value is -3.15. The third-order valence-corrected chi connectivity index (χ3v) is 8.90. The number of alkyl halides is 3. The van der Waals surface area contributed by atoms with Gasteiger partial charge in [0.15, 0.2) is 0 Å². The Labute approximate surface area is 232 Å². The van der Waals surface area contributed by atoms with Crippen molar-refractivity contribution in [3.8, 4) is 0 Å². The summed E-state index contributed by atoms with van der Waals surface area (Å²) < 4.78 is 67.0. The highest BCUT2D eigenvalue weighted by Gasteiger charge is 2.30. The number of fused-ring (bicyclic) bond motifs is 1. The molecule has 2 atom stereocenters. The second-order valence-electron chi connectivity index (χ2n) is 10.6. The van der Waals surface area contributed by atoms with Crippen molar-refractivity contribution in [3.63, 3.8) is 0 Å². The summed E-state index contributed by atoms with van der Waals surface area (Å²) in [4.78, 5) is 15.2. The Morgan fingerprint density at radius 2 is 1.93 bits per heavy atom. The average molecular weight is 575 g/mol. The van der Waals surface area contributed by atoms with Crippen LogP contribution in [0.2, 0.25) is 0 Å². The van der Waals surface area contributed by atoms with Gasteiger partial charge < -0.3 is 14.8 Å². The molecule has 3 aromatic rings. The van der Waals surface area contributed by atoms with E-state index in [1.54, 1.807) is 11.0 Å². The zero-order chi connectivity index (χ0) is 28.5. The maximum atomic E-state index is 13.5. The van der Waals surface area contributed by atoms with Gasteiger partial charge in [-0.25, -0.2) is 13.1 Å². The molecule has 1 amide bonds. The Morgan fingerprint density at radius 3 is 2.60 bits per heavy atom. The van der Waals surface area contributed by atoms with Crippen LogP contribution in [-0.4, -0.2) is 56.5 Å². The lowest BCUT2D eigenvalue weighted by atomic mass is 9.91. The normalized spacial score (nSPS) is 20.2. The maximum absolute atomic E-state index is 13.5. The summed E-state index contributed by atoms with van der Waals surface area (Å²) in [6, 6.07) is 10.9. The molecule has 0 aliphatic carbocycles. The predicted octanol–water partition coefficient (Wildman–Crippen LogP) is 4.70. The maximum Gasteiger partial charge on any atom is 0.416 e. The fourth-order valence-corrected chi connectivity index (χ4v) is 6.27. The van der Waals surface area contributed by atoms with Crippen LogP contribution in [0.3, 0.4) is 0 Å². The third-order valence-electron chi connectivity index (χ3n) is 7.90. The van der Waals surface area contributed by atoms with Crippen LogP contribution < -0.4 is 10.0 Å². The van der Waals surface area contributed by atoms with E-state index < -0.39 is 21.8 Å². The van der Waals surface area contributed by atoms with Gasteiger partial charge in [0.2, 0.25) is 10.0 Å². The van der Waals surface area contributed by atoms with Crippen LogP contribution in [0.5, 0.6) is 0 Å². The lowest BCUT2D eigenvalue weighted by Crippen LogP contribution is -2.32. The topological polar surface area (TPSA) is 83.4 Å². The van der Waals surface area contributed by atoms with E-state index in [-0.39, 0.29) is 24.3 Å². The number of nitrogens with one attached hydrogen (secondary N) is 2. The van der Waals surface area contributed by atoms with Crippen molar-refractivity contribution >= 4 is 26.8 Å². The summed E-state index contributed by atoms with van der Waals surface area (Å²) in [5.41, 5.74) is 2.70. The highest BCUT2D eigenvalue weighted by atomic mass is 32.2. The third kappa shape index (κ3) is 6.26. The van der Waals surface area contributed by atoms with E-state index in [1.807, 2.05) is 16.7 Å². The number of nitrogens with zero attached hydrogens (tertiary/aromatic N) is 2. The minimum atomic E-state index is -4.38. The van der Waals surface area contributed by atoms with E-state index in [1.165, 1.54) is 12.1 Å². The van der Waals surface area contributed by atoms with Crippen LogP contribution >= 0.6 is 0 Å². The molecule has 1 aromatic heterocycles. The molecule has 0 radical (unpaired) electrons. The second kappa shape index (κ2) is 11.4. The van der Waals surface area contributed by atoms with Gasteiger partial charge in [-0.3, -0.25) is 4.79 Å². The number of rotatable bonds is 8. The molecule has 11 heteroatoms. The van der Waals surface area contributed by atoms with Crippen molar-refractivity contribution in [1.82, 2.24) is 19.5 Å². The number of sulfonamides is 1. The molecule has 2 saturated heterocycles. The van der Waals surface area contributed by atoms with Crippen LogP contribution in [0.4, 0.5) is 13.2 Å². The van der Waals surface area contributed by atoms with Gasteiger partial charge in [0.25, 0.3) is 5.91 Å². The monoisotopic (exact) mass is 574 g/mol. The van der Waals surface area contributed by atoms with Crippen molar-refractivity contribution in [2.75, 3.05) is 32.7 Å². The minimum Gasteiger partial charge on any atom is -0.343 e. The predicted molar refractivity (Wildman–Crippen MR) is 148 cm³/mol. The molecule has 2 aliphatic heterocycles. The summed E-state index contributed by atoms with van der Waals surface area (Å²) in [7, 11) is -3.51. The first-order chi connectivity index (χ1) is 19.0. The van der Waals surface area contributed by atoms with Gasteiger partial charge in [0, 0.05) is 60.8 Å². The van der Waals surface area contributed by atoms with E-state index in [0.717, 1.165) is 65.5 Å². The number of aromatic nitrogens is 1. The van der Waals surface area contributed by atoms with Crippen molar-refractivity contribution < 1.29 is 26.4 Å². The van der Waals surface area contributed by atoms with Crippen LogP contribution in [0, 0.1) is 5.92 Å². The fraction of sp³-hybridized carbons (Fsp3) is 0.414. The molecule has 0 saturated carbocycles. The van der Waals surface area contributed by atoms with Gasteiger partial charge in [-0.05, 0) is 79.1 Å². The number of hydrogen-bond donors (Lipinski definition) is 2. The number of carbonyl (C=O) groups excluding carboxylic acids is 1. The SMILES string of the molecule is C=CS(=O)(=O)NCC1CCN(C(=O)c2ccc3c(c2)c(C2CCCNC2)cn3Cc2ccc(C(F)(F)F)cc2)C1.